The molecule has 1 aromatic carbocycles. The van der Waals surface area contributed by atoms with Gasteiger partial charge in [0.1, 0.15) is 10.2 Å². The Bertz CT molecular complexity index is 691. The van der Waals surface area contributed by atoms with Crippen LogP contribution in [0.1, 0.15) is 10.4 Å². The van der Waals surface area contributed by atoms with Gasteiger partial charge in [0.2, 0.25) is 0 Å². The molecule has 1 amide bonds. The number of rotatable bonds is 3. The Kier molecular flexibility index (Phi) is 4.16. The van der Waals surface area contributed by atoms with Crippen molar-refractivity contribution in [2.45, 2.75) is 0 Å². The molecule has 102 valence electrons. The van der Waals surface area contributed by atoms with Crippen LogP contribution >= 0.6 is 23.2 Å². The van der Waals surface area contributed by atoms with Crippen molar-refractivity contribution in [3.05, 3.63) is 62.4 Å². The number of pyridine rings is 1. The minimum atomic E-state index is -0.650. The van der Waals surface area contributed by atoms with Crippen LogP contribution in [0, 0.1) is 10.1 Å². The van der Waals surface area contributed by atoms with Gasteiger partial charge in [-0.1, -0.05) is 23.2 Å². The Morgan fingerprint density at radius 2 is 2.00 bits per heavy atom. The number of anilines is 1. The highest BCUT2D eigenvalue weighted by Crippen LogP contribution is 2.25. The molecule has 0 saturated heterocycles. The van der Waals surface area contributed by atoms with Gasteiger partial charge in [-0.2, -0.15) is 0 Å². The van der Waals surface area contributed by atoms with Crippen molar-refractivity contribution in [2.75, 3.05) is 5.32 Å². The molecule has 1 aromatic heterocycles. The van der Waals surface area contributed by atoms with Gasteiger partial charge in [-0.3, -0.25) is 14.9 Å². The fraction of sp³-hybridized carbons (Fsp3) is 0. The Labute approximate surface area is 123 Å². The molecule has 1 N–H and O–H groups in total. The van der Waals surface area contributed by atoms with Crippen molar-refractivity contribution < 1.29 is 9.72 Å². The van der Waals surface area contributed by atoms with E-state index in [0.717, 1.165) is 6.07 Å². The highest BCUT2D eigenvalue weighted by molar-refractivity contribution is 6.32. The summed E-state index contributed by atoms with van der Waals surface area (Å²) in [6.45, 7) is 0. The van der Waals surface area contributed by atoms with Crippen LogP contribution in [0.2, 0.25) is 10.2 Å². The highest BCUT2D eigenvalue weighted by Gasteiger charge is 2.16. The van der Waals surface area contributed by atoms with Crippen LogP contribution in [0.5, 0.6) is 0 Å². The second-order valence-corrected chi connectivity index (χ2v) is 4.54. The first-order valence-electron chi connectivity index (χ1n) is 5.34. The molecule has 0 aliphatic rings. The summed E-state index contributed by atoms with van der Waals surface area (Å²) in [5, 5.41) is 13.5. The van der Waals surface area contributed by atoms with E-state index in [1.165, 1.54) is 24.4 Å². The predicted molar refractivity (Wildman–Crippen MR) is 75.3 cm³/mol. The van der Waals surface area contributed by atoms with Crippen LogP contribution in [0.15, 0.2) is 36.5 Å². The lowest BCUT2D eigenvalue weighted by atomic mass is 10.2. The number of aromatic nitrogens is 1. The van der Waals surface area contributed by atoms with Crippen LogP contribution in [-0.4, -0.2) is 15.8 Å². The fourth-order valence-electron chi connectivity index (χ4n) is 1.48. The summed E-state index contributed by atoms with van der Waals surface area (Å²) < 4.78 is 0. The second kappa shape index (κ2) is 5.85. The number of carbonyl (C=O) groups excluding carboxylic acids is 1. The van der Waals surface area contributed by atoms with Crippen LogP contribution in [0.3, 0.4) is 0 Å². The number of halogens is 2. The minimum absolute atomic E-state index is 0.0292. The fourth-order valence-corrected chi connectivity index (χ4v) is 1.84. The maximum absolute atomic E-state index is 12.0. The van der Waals surface area contributed by atoms with E-state index in [-0.39, 0.29) is 21.4 Å². The molecule has 0 saturated carbocycles. The van der Waals surface area contributed by atoms with Crippen LogP contribution in [-0.2, 0) is 0 Å². The average molecular weight is 312 g/mol. The third-order valence-electron chi connectivity index (χ3n) is 2.39. The first kappa shape index (κ1) is 14.2. The number of nitrogens with zero attached hydrogens (tertiary/aromatic N) is 2. The summed E-state index contributed by atoms with van der Waals surface area (Å²) in [5.74, 6) is -0.507. The standard InChI is InChI=1S/C12H7Cl2N3O3/c13-9-2-1-7(5-10(9)17(19)20)12(18)16-8-3-4-15-11(14)6-8/h1-6H,(H,15,16,18). The van der Waals surface area contributed by atoms with E-state index in [2.05, 4.69) is 10.3 Å². The number of hydrogen-bond acceptors (Lipinski definition) is 4. The average Bonchev–Trinajstić information content (AvgIpc) is 2.38. The molecule has 0 bridgehead atoms. The Balaban J connectivity index is 2.26. The van der Waals surface area contributed by atoms with E-state index in [4.69, 9.17) is 23.2 Å². The zero-order valence-corrected chi connectivity index (χ0v) is 11.4. The van der Waals surface area contributed by atoms with E-state index in [1.54, 1.807) is 6.07 Å². The van der Waals surface area contributed by atoms with E-state index in [9.17, 15) is 14.9 Å². The van der Waals surface area contributed by atoms with Crippen molar-refractivity contribution in [3.63, 3.8) is 0 Å². The zero-order chi connectivity index (χ0) is 14.7. The number of nitro groups is 1. The molecule has 6 nitrogen and oxygen atoms in total. The lowest BCUT2D eigenvalue weighted by molar-refractivity contribution is -0.384. The van der Waals surface area contributed by atoms with Gasteiger partial charge in [-0.15, -0.1) is 0 Å². The van der Waals surface area contributed by atoms with Gasteiger partial charge in [0.05, 0.1) is 4.92 Å². The molecule has 20 heavy (non-hydrogen) atoms. The van der Waals surface area contributed by atoms with E-state index < -0.39 is 10.8 Å². The van der Waals surface area contributed by atoms with E-state index in [0.29, 0.717) is 5.69 Å². The summed E-state index contributed by atoms with van der Waals surface area (Å²) in [7, 11) is 0. The molecule has 8 heteroatoms. The number of amides is 1. The Hall–Kier alpha value is -2.18. The number of nitro benzene ring substituents is 1. The first-order chi connectivity index (χ1) is 9.47. The largest absolute Gasteiger partial charge is 0.322 e. The monoisotopic (exact) mass is 311 g/mol. The van der Waals surface area contributed by atoms with Crippen molar-refractivity contribution in [1.82, 2.24) is 4.98 Å². The van der Waals surface area contributed by atoms with Gasteiger partial charge in [-0.05, 0) is 24.3 Å². The lowest BCUT2D eigenvalue weighted by Crippen LogP contribution is -2.12. The molecular formula is C12H7Cl2N3O3. The van der Waals surface area contributed by atoms with E-state index >= 15 is 0 Å². The molecule has 2 aromatic rings. The number of nitrogens with one attached hydrogen (secondary N) is 1. The SMILES string of the molecule is O=C(Nc1ccnc(Cl)c1)c1ccc(Cl)c([N+](=O)[O-])c1. The maximum atomic E-state index is 12.0. The summed E-state index contributed by atoms with van der Waals surface area (Å²) in [4.78, 5) is 25.9. The third-order valence-corrected chi connectivity index (χ3v) is 2.92. The molecule has 0 aliphatic heterocycles. The first-order valence-corrected chi connectivity index (χ1v) is 6.10. The van der Waals surface area contributed by atoms with Crippen molar-refractivity contribution in [3.8, 4) is 0 Å². The molecule has 0 aliphatic carbocycles. The normalized spacial score (nSPS) is 10.1. The summed E-state index contributed by atoms with van der Waals surface area (Å²) in [6.07, 6.45) is 1.43. The van der Waals surface area contributed by atoms with Crippen molar-refractivity contribution in [1.29, 1.82) is 0 Å². The molecule has 0 unspecified atom stereocenters. The summed E-state index contributed by atoms with van der Waals surface area (Å²) >= 11 is 11.4. The van der Waals surface area contributed by atoms with Crippen LogP contribution in [0.25, 0.3) is 0 Å². The van der Waals surface area contributed by atoms with Gasteiger partial charge < -0.3 is 5.32 Å². The van der Waals surface area contributed by atoms with Gasteiger partial charge >= 0.3 is 0 Å². The predicted octanol–water partition coefficient (Wildman–Crippen LogP) is 3.55. The number of carbonyl (C=O) groups is 1. The van der Waals surface area contributed by atoms with Crippen LogP contribution in [0.4, 0.5) is 11.4 Å². The number of benzene rings is 1. The van der Waals surface area contributed by atoms with Gasteiger partial charge in [0, 0.05) is 23.5 Å². The van der Waals surface area contributed by atoms with Crippen molar-refractivity contribution in [2.24, 2.45) is 0 Å². The molecule has 0 radical (unpaired) electrons. The number of hydrogen-bond donors (Lipinski definition) is 1. The smallest absolute Gasteiger partial charge is 0.288 e. The molecule has 0 spiro atoms. The quantitative estimate of drug-likeness (QED) is 0.533. The van der Waals surface area contributed by atoms with Crippen LogP contribution < -0.4 is 5.32 Å². The third kappa shape index (κ3) is 3.23. The summed E-state index contributed by atoms with van der Waals surface area (Å²) in [5.41, 5.74) is 0.230. The zero-order valence-electron chi connectivity index (χ0n) is 9.84. The summed E-state index contributed by atoms with van der Waals surface area (Å²) in [6, 6.07) is 6.82. The second-order valence-electron chi connectivity index (χ2n) is 3.74. The molecular weight excluding hydrogens is 305 g/mol. The highest BCUT2D eigenvalue weighted by atomic mass is 35.5. The van der Waals surface area contributed by atoms with Gasteiger partial charge in [0.25, 0.3) is 11.6 Å². The molecule has 2 rings (SSSR count). The topological polar surface area (TPSA) is 85.1 Å². The molecule has 0 atom stereocenters. The Morgan fingerprint density at radius 1 is 1.25 bits per heavy atom. The maximum Gasteiger partial charge on any atom is 0.288 e. The van der Waals surface area contributed by atoms with Crippen molar-refractivity contribution >= 4 is 40.5 Å². The van der Waals surface area contributed by atoms with Gasteiger partial charge in [0.15, 0.2) is 0 Å². The van der Waals surface area contributed by atoms with E-state index in [1.807, 2.05) is 0 Å². The molecule has 0 fully saturated rings. The molecule has 1 heterocycles. The van der Waals surface area contributed by atoms with Gasteiger partial charge in [-0.25, -0.2) is 4.98 Å². The minimum Gasteiger partial charge on any atom is -0.322 e. The Morgan fingerprint density at radius 3 is 2.65 bits per heavy atom. The lowest BCUT2D eigenvalue weighted by Gasteiger charge is -2.05.